The van der Waals surface area contributed by atoms with Crippen molar-refractivity contribution in [3.05, 3.63) is 47.2 Å². The summed E-state index contributed by atoms with van der Waals surface area (Å²) in [6.07, 6.45) is 1.57. The van der Waals surface area contributed by atoms with Gasteiger partial charge in [-0.2, -0.15) is 5.26 Å². The van der Waals surface area contributed by atoms with Gasteiger partial charge in [-0.3, -0.25) is 0 Å². The Kier molecular flexibility index (Phi) is 3.16. The van der Waals surface area contributed by atoms with E-state index in [0.717, 1.165) is 16.8 Å². The van der Waals surface area contributed by atoms with Crippen LogP contribution in [0.4, 0.5) is 17.2 Å². The molecule has 2 rings (SSSR count). The van der Waals surface area contributed by atoms with Gasteiger partial charge in [-0.05, 0) is 43.2 Å². The molecule has 0 aliphatic rings. The Balaban J connectivity index is 2.37. The summed E-state index contributed by atoms with van der Waals surface area (Å²) in [6, 6.07) is 9.74. The second-order valence-electron chi connectivity index (χ2n) is 4.23. The molecule has 0 saturated heterocycles. The van der Waals surface area contributed by atoms with E-state index >= 15 is 0 Å². The molecule has 1 aromatic heterocycles. The van der Waals surface area contributed by atoms with Crippen LogP contribution in [0.3, 0.4) is 0 Å². The number of hydrogen-bond acceptors (Lipinski definition) is 4. The van der Waals surface area contributed by atoms with Crippen LogP contribution in [0.25, 0.3) is 0 Å². The number of aryl methyl sites for hydroxylation is 2. The Morgan fingerprint density at radius 1 is 1.22 bits per heavy atom. The van der Waals surface area contributed by atoms with E-state index in [4.69, 9.17) is 11.0 Å². The number of anilines is 3. The van der Waals surface area contributed by atoms with Crippen molar-refractivity contribution in [2.75, 3.05) is 11.1 Å². The molecule has 2 aromatic rings. The summed E-state index contributed by atoms with van der Waals surface area (Å²) < 4.78 is 0. The number of pyridine rings is 1. The third kappa shape index (κ3) is 2.41. The summed E-state index contributed by atoms with van der Waals surface area (Å²) >= 11 is 0. The standard InChI is InChI=1S/C14H14N4/c1-9-5-10(2)7-12(6-9)18-14-13(16)11(8-15)3-4-17-14/h3-7H,16H2,1-2H3,(H,17,18). The van der Waals surface area contributed by atoms with Gasteiger partial charge in [0.1, 0.15) is 6.07 Å². The molecule has 0 fully saturated rings. The fourth-order valence-corrected chi connectivity index (χ4v) is 1.85. The predicted octanol–water partition coefficient (Wildman–Crippen LogP) is 2.90. The molecular weight excluding hydrogens is 224 g/mol. The van der Waals surface area contributed by atoms with Crippen molar-refractivity contribution in [2.45, 2.75) is 13.8 Å². The van der Waals surface area contributed by atoms with E-state index in [1.54, 1.807) is 12.3 Å². The van der Waals surface area contributed by atoms with Crippen molar-refractivity contribution >= 4 is 17.2 Å². The fourth-order valence-electron chi connectivity index (χ4n) is 1.85. The highest BCUT2D eigenvalue weighted by atomic mass is 15.0. The van der Waals surface area contributed by atoms with Crippen molar-refractivity contribution in [3.63, 3.8) is 0 Å². The van der Waals surface area contributed by atoms with Crippen molar-refractivity contribution in [2.24, 2.45) is 0 Å². The maximum atomic E-state index is 8.91. The SMILES string of the molecule is Cc1cc(C)cc(Nc2nccc(C#N)c2N)c1. The van der Waals surface area contributed by atoms with E-state index < -0.39 is 0 Å². The number of rotatable bonds is 2. The minimum atomic E-state index is 0.374. The first-order valence-corrected chi connectivity index (χ1v) is 5.60. The summed E-state index contributed by atoms with van der Waals surface area (Å²) in [5.74, 6) is 0.513. The maximum Gasteiger partial charge on any atom is 0.154 e. The summed E-state index contributed by atoms with van der Waals surface area (Å²) in [5, 5.41) is 12.1. The van der Waals surface area contributed by atoms with Gasteiger partial charge < -0.3 is 11.1 Å². The van der Waals surface area contributed by atoms with E-state index in [9.17, 15) is 0 Å². The minimum Gasteiger partial charge on any atom is -0.395 e. The molecule has 0 spiro atoms. The number of nitriles is 1. The van der Waals surface area contributed by atoms with Gasteiger partial charge in [0, 0.05) is 11.9 Å². The average Bonchev–Trinajstić information content (AvgIpc) is 2.30. The maximum absolute atomic E-state index is 8.91. The molecule has 0 amide bonds. The molecule has 1 aromatic carbocycles. The van der Waals surface area contributed by atoms with E-state index in [0.29, 0.717) is 17.1 Å². The average molecular weight is 238 g/mol. The first kappa shape index (κ1) is 11.9. The zero-order valence-electron chi connectivity index (χ0n) is 10.4. The van der Waals surface area contributed by atoms with Crippen molar-refractivity contribution < 1.29 is 0 Å². The van der Waals surface area contributed by atoms with Gasteiger partial charge in [0.15, 0.2) is 5.82 Å². The molecule has 1 heterocycles. The van der Waals surface area contributed by atoms with Crippen LogP contribution >= 0.6 is 0 Å². The number of nitrogens with one attached hydrogen (secondary N) is 1. The number of nitrogens with zero attached hydrogens (tertiary/aromatic N) is 2. The van der Waals surface area contributed by atoms with Crippen LogP contribution in [-0.2, 0) is 0 Å². The van der Waals surface area contributed by atoms with Crippen LogP contribution in [0.5, 0.6) is 0 Å². The topological polar surface area (TPSA) is 74.7 Å². The molecule has 0 saturated carbocycles. The van der Waals surface area contributed by atoms with Crippen LogP contribution < -0.4 is 11.1 Å². The summed E-state index contributed by atoms with van der Waals surface area (Å²) in [6.45, 7) is 4.06. The number of benzene rings is 1. The minimum absolute atomic E-state index is 0.374. The highest BCUT2D eigenvalue weighted by Crippen LogP contribution is 2.24. The zero-order chi connectivity index (χ0) is 13.1. The molecule has 0 unspecified atom stereocenters. The van der Waals surface area contributed by atoms with E-state index in [2.05, 4.69) is 16.4 Å². The Morgan fingerprint density at radius 2 is 1.89 bits per heavy atom. The zero-order valence-corrected chi connectivity index (χ0v) is 10.4. The van der Waals surface area contributed by atoms with E-state index in [-0.39, 0.29) is 0 Å². The van der Waals surface area contributed by atoms with Crippen molar-refractivity contribution in [1.82, 2.24) is 4.98 Å². The molecule has 4 nitrogen and oxygen atoms in total. The van der Waals surface area contributed by atoms with Crippen molar-refractivity contribution in [3.8, 4) is 6.07 Å². The first-order valence-electron chi connectivity index (χ1n) is 5.60. The van der Waals surface area contributed by atoms with Crippen LogP contribution in [0.15, 0.2) is 30.5 Å². The smallest absolute Gasteiger partial charge is 0.154 e. The highest BCUT2D eigenvalue weighted by Gasteiger charge is 2.06. The van der Waals surface area contributed by atoms with Gasteiger partial charge in [-0.15, -0.1) is 0 Å². The van der Waals surface area contributed by atoms with Gasteiger partial charge >= 0.3 is 0 Å². The molecule has 3 N–H and O–H groups in total. The summed E-state index contributed by atoms with van der Waals surface area (Å²) in [7, 11) is 0. The summed E-state index contributed by atoms with van der Waals surface area (Å²) in [4.78, 5) is 4.15. The second kappa shape index (κ2) is 4.76. The largest absolute Gasteiger partial charge is 0.395 e. The first-order chi connectivity index (χ1) is 8.60. The molecule has 0 atom stereocenters. The Bertz CT molecular complexity index is 606. The molecular formula is C14H14N4. The van der Waals surface area contributed by atoms with Gasteiger partial charge in [0.05, 0.1) is 11.3 Å². The number of aromatic nitrogens is 1. The van der Waals surface area contributed by atoms with Gasteiger partial charge in [0.2, 0.25) is 0 Å². The lowest BCUT2D eigenvalue weighted by Crippen LogP contribution is -2.01. The van der Waals surface area contributed by atoms with Crippen LogP contribution in [-0.4, -0.2) is 4.98 Å². The lowest BCUT2D eigenvalue weighted by Gasteiger charge is -2.10. The molecule has 0 bridgehead atoms. The molecule has 0 aliphatic heterocycles. The van der Waals surface area contributed by atoms with Gasteiger partial charge in [-0.1, -0.05) is 6.07 Å². The Morgan fingerprint density at radius 3 is 2.50 bits per heavy atom. The van der Waals surface area contributed by atoms with Gasteiger partial charge in [0.25, 0.3) is 0 Å². The van der Waals surface area contributed by atoms with E-state index in [1.807, 2.05) is 32.0 Å². The second-order valence-corrected chi connectivity index (χ2v) is 4.23. The normalized spacial score (nSPS) is 9.83. The molecule has 4 heteroatoms. The van der Waals surface area contributed by atoms with Crippen LogP contribution in [0.2, 0.25) is 0 Å². The van der Waals surface area contributed by atoms with Crippen LogP contribution in [0, 0.1) is 25.2 Å². The molecule has 0 aliphatic carbocycles. The third-order valence-corrected chi connectivity index (χ3v) is 2.60. The number of hydrogen-bond donors (Lipinski definition) is 2. The molecule has 0 radical (unpaired) electrons. The summed E-state index contributed by atoms with van der Waals surface area (Å²) in [5.41, 5.74) is 9.91. The van der Waals surface area contributed by atoms with E-state index in [1.165, 1.54) is 0 Å². The highest BCUT2D eigenvalue weighted by molar-refractivity contribution is 5.73. The fraction of sp³-hybridized carbons (Fsp3) is 0.143. The third-order valence-electron chi connectivity index (χ3n) is 2.60. The van der Waals surface area contributed by atoms with Crippen molar-refractivity contribution in [1.29, 1.82) is 5.26 Å². The Hall–Kier alpha value is -2.54. The number of nitrogens with two attached hydrogens (primary N) is 1. The number of nitrogen functional groups attached to an aromatic ring is 1. The van der Waals surface area contributed by atoms with Crippen LogP contribution in [0.1, 0.15) is 16.7 Å². The molecule has 90 valence electrons. The quantitative estimate of drug-likeness (QED) is 0.843. The monoisotopic (exact) mass is 238 g/mol. The lowest BCUT2D eigenvalue weighted by atomic mass is 10.1. The Labute approximate surface area is 106 Å². The predicted molar refractivity (Wildman–Crippen MR) is 72.6 cm³/mol. The van der Waals surface area contributed by atoms with Gasteiger partial charge in [-0.25, -0.2) is 4.98 Å². The molecule has 18 heavy (non-hydrogen) atoms. The lowest BCUT2D eigenvalue weighted by molar-refractivity contribution is 1.29.